The summed E-state index contributed by atoms with van der Waals surface area (Å²) in [6.07, 6.45) is 1.89. The Morgan fingerprint density at radius 1 is 0.955 bits per heavy atom. The van der Waals surface area contributed by atoms with Crippen molar-refractivity contribution in [2.24, 2.45) is 5.92 Å². The molecule has 2 N–H and O–H groups in total. The molecule has 22 heavy (non-hydrogen) atoms. The third-order valence-electron chi connectivity index (χ3n) is 3.45. The van der Waals surface area contributed by atoms with Gasteiger partial charge in [0.1, 0.15) is 5.82 Å². The zero-order valence-corrected chi connectivity index (χ0v) is 11.8. The van der Waals surface area contributed by atoms with Gasteiger partial charge in [0.05, 0.1) is 0 Å². The summed E-state index contributed by atoms with van der Waals surface area (Å²) in [5.74, 6) is -0.575. The molecular weight excluding hydrogens is 283 g/mol. The van der Waals surface area contributed by atoms with Crippen LogP contribution in [0, 0.1) is 11.7 Å². The lowest BCUT2D eigenvalue weighted by Crippen LogP contribution is -2.14. The van der Waals surface area contributed by atoms with Gasteiger partial charge in [-0.1, -0.05) is 6.07 Å². The van der Waals surface area contributed by atoms with Crippen LogP contribution in [0.4, 0.5) is 15.8 Å². The molecule has 0 bridgehead atoms. The topological polar surface area (TPSA) is 58.2 Å². The molecule has 1 saturated carbocycles. The number of hydrogen-bond acceptors (Lipinski definition) is 2. The van der Waals surface area contributed by atoms with Crippen LogP contribution >= 0.6 is 0 Å². The Morgan fingerprint density at radius 3 is 2.32 bits per heavy atom. The van der Waals surface area contributed by atoms with Gasteiger partial charge >= 0.3 is 0 Å². The summed E-state index contributed by atoms with van der Waals surface area (Å²) in [6.45, 7) is 0. The Labute approximate surface area is 127 Å². The van der Waals surface area contributed by atoms with Gasteiger partial charge in [0.15, 0.2) is 0 Å². The first-order chi connectivity index (χ1) is 10.6. The Morgan fingerprint density at radius 2 is 1.68 bits per heavy atom. The third-order valence-corrected chi connectivity index (χ3v) is 3.45. The van der Waals surface area contributed by atoms with Gasteiger partial charge in [-0.15, -0.1) is 0 Å². The summed E-state index contributed by atoms with van der Waals surface area (Å²) >= 11 is 0. The Balaban J connectivity index is 1.64. The molecule has 1 aliphatic carbocycles. The lowest BCUT2D eigenvalue weighted by atomic mass is 10.2. The second-order valence-corrected chi connectivity index (χ2v) is 5.31. The van der Waals surface area contributed by atoms with Crippen molar-refractivity contribution in [3.05, 3.63) is 59.9 Å². The maximum absolute atomic E-state index is 13.1. The monoisotopic (exact) mass is 298 g/mol. The highest BCUT2D eigenvalue weighted by Crippen LogP contribution is 2.30. The molecule has 2 aromatic rings. The molecular formula is C17H15FN2O2. The highest BCUT2D eigenvalue weighted by atomic mass is 19.1. The fourth-order valence-electron chi connectivity index (χ4n) is 2.06. The van der Waals surface area contributed by atoms with E-state index in [2.05, 4.69) is 10.6 Å². The minimum Gasteiger partial charge on any atom is -0.326 e. The molecule has 5 heteroatoms. The van der Waals surface area contributed by atoms with Crippen molar-refractivity contribution in [2.45, 2.75) is 12.8 Å². The van der Waals surface area contributed by atoms with Gasteiger partial charge in [0, 0.05) is 22.9 Å². The number of nitrogens with one attached hydrogen (secondary N) is 2. The summed E-state index contributed by atoms with van der Waals surface area (Å²) in [6, 6.07) is 12.3. The number of benzene rings is 2. The molecule has 0 spiro atoms. The maximum atomic E-state index is 13.1. The number of anilines is 2. The molecule has 2 aromatic carbocycles. The number of hydrogen-bond donors (Lipinski definition) is 2. The SMILES string of the molecule is O=C(Nc1cccc(F)c1)c1ccc(NC(=O)C2CC2)cc1. The van der Waals surface area contributed by atoms with Crippen molar-refractivity contribution < 1.29 is 14.0 Å². The standard InChI is InChI=1S/C17H15FN2O2/c18-13-2-1-3-15(10-13)20-17(22)12-6-8-14(9-7-12)19-16(21)11-4-5-11/h1-3,6-11H,4-5H2,(H,19,21)(H,20,22). The van der Waals surface area contributed by atoms with Gasteiger partial charge in [-0.25, -0.2) is 4.39 Å². The second kappa shape index (κ2) is 5.97. The molecule has 0 aliphatic heterocycles. The van der Waals surface area contributed by atoms with Crippen LogP contribution in [-0.2, 0) is 4.79 Å². The molecule has 112 valence electrons. The molecule has 2 amide bonds. The smallest absolute Gasteiger partial charge is 0.255 e. The molecule has 0 radical (unpaired) electrons. The normalized spacial score (nSPS) is 13.5. The number of rotatable bonds is 4. The molecule has 1 fully saturated rings. The summed E-state index contributed by atoms with van der Waals surface area (Å²) in [7, 11) is 0. The predicted molar refractivity (Wildman–Crippen MR) is 82.1 cm³/mol. The summed E-state index contributed by atoms with van der Waals surface area (Å²) in [5, 5.41) is 5.43. The maximum Gasteiger partial charge on any atom is 0.255 e. The number of carbonyl (C=O) groups excluding carboxylic acids is 2. The quantitative estimate of drug-likeness (QED) is 0.908. The minimum absolute atomic E-state index is 0.0250. The van der Waals surface area contributed by atoms with Crippen LogP contribution < -0.4 is 10.6 Å². The third kappa shape index (κ3) is 3.49. The van der Waals surface area contributed by atoms with Crippen molar-refractivity contribution in [1.82, 2.24) is 0 Å². The summed E-state index contributed by atoms with van der Waals surface area (Å²) < 4.78 is 13.1. The Kier molecular flexibility index (Phi) is 3.87. The predicted octanol–water partition coefficient (Wildman–Crippen LogP) is 3.43. The van der Waals surface area contributed by atoms with Gasteiger partial charge in [-0.3, -0.25) is 9.59 Å². The van der Waals surface area contributed by atoms with Crippen LogP contribution in [0.2, 0.25) is 0 Å². The second-order valence-electron chi connectivity index (χ2n) is 5.31. The molecule has 0 heterocycles. The molecule has 0 atom stereocenters. The van der Waals surface area contributed by atoms with Gasteiger partial charge in [0.25, 0.3) is 5.91 Å². The van der Waals surface area contributed by atoms with E-state index in [9.17, 15) is 14.0 Å². The molecule has 4 nitrogen and oxygen atoms in total. The van der Waals surface area contributed by atoms with Crippen molar-refractivity contribution >= 4 is 23.2 Å². The highest BCUT2D eigenvalue weighted by Gasteiger charge is 2.29. The van der Waals surface area contributed by atoms with Crippen molar-refractivity contribution in [3.8, 4) is 0 Å². The first-order valence-corrected chi connectivity index (χ1v) is 7.10. The first kappa shape index (κ1) is 14.3. The molecule has 1 aliphatic rings. The number of amides is 2. The van der Waals surface area contributed by atoms with E-state index in [0.717, 1.165) is 12.8 Å². The fourth-order valence-corrected chi connectivity index (χ4v) is 2.06. The van der Waals surface area contributed by atoms with E-state index >= 15 is 0 Å². The van der Waals surface area contributed by atoms with Crippen LogP contribution in [0.25, 0.3) is 0 Å². The Bertz CT molecular complexity index is 709. The van der Waals surface area contributed by atoms with Gasteiger partial charge in [-0.2, -0.15) is 0 Å². The van der Waals surface area contributed by atoms with Gasteiger partial charge < -0.3 is 10.6 Å². The summed E-state index contributed by atoms with van der Waals surface area (Å²) in [5.41, 5.74) is 1.50. The minimum atomic E-state index is -0.407. The van der Waals surface area contributed by atoms with E-state index < -0.39 is 5.82 Å². The van der Waals surface area contributed by atoms with E-state index in [1.165, 1.54) is 18.2 Å². The molecule has 0 aromatic heterocycles. The van der Waals surface area contributed by atoms with Crippen molar-refractivity contribution in [1.29, 1.82) is 0 Å². The molecule has 0 saturated heterocycles. The lowest BCUT2D eigenvalue weighted by Gasteiger charge is -2.07. The van der Waals surface area contributed by atoms with E-state index in [4.69, 9.17) is 0 Å². The molecule has 0 unspecified atom stereocenters. The zero-order chi connectivity index (χ0) is 15.5. The van der Waals surface area contributed by atoms with Crippen molar-refractivity contribution in [3.63, 3.8) is 0 Å². The van der Waals surface area contributed by atoms with Gasteiger partial charge in [-0.05, 0) is 55.3 Å². The Hall–Kier alpha value is -2.69. The van der Waals surface area contributed by atoms with Crippen LogP contribution in [0.5, 0.6) is 0 Å². The number of carbonyl (C=O) groups is 2. The average molecular weight is 298 g/mol. The van der Waals surface area contributed by atoms with E-state index in [-0.39, 0.29) is 17.7 Å². The van der Waals surface area contributed by atoms with Gasteiger partial charge in [0.2, 0.25) is 5.91 Å². The highest BCUT2D eigenvalue weighted by molar-refractivity contribution is 6.04. The van der Waals surface area contributed by atoms with Crippen LogP contribution in [0.15, 0.2) is 48.5 Å². The first-order valence-electron chi connectivity index (χ1n) is 7.10. The summed E-state index contributed by atoms with van der Waals surface area (Å²) in [4.78, 5) is 23.7. The van der Waals surface area contributed by atoms with Crippen molar-refractivity contribution in [2.75, 3.05) is 10.6 Å². The average Bonchev–Trinajstić information content (AvgIpc) is 3.32. The lowest BCUT2D eigenvalue weighted by molar-refractivity contribution is -0.117. The molecule has 3 rings (SSSR count). The zero-order valence-electron chi connectivity index (χ0n) is 11.8. The number of halogens is 1. The van der Waals surface area contributed by atoms with E-state index in [1.807, 2.05) is 0 Å². The van der Waals surface area contributed by atoms with E-state index in [1.54, 1.807) is 30.3 Å². The van der Waals surface area contributed by atoms with E-state index in [0.29, 0.717) is 16.9 Å². The van der Waals surface area contributed by atoms with Crippen LogP contribution in [0.1, 0.15) is 23.2 Å². The fraction of sp³-hybridized carbons (Fsp3) is 0.176. The van der Waals surface area contributed by atoms with Crippen LogP contribution in [0.3, 0.4) is 0 Å². The largest absolute Gasteiger partial charge is 0.326 e. The van der Waals surface area contributed by atoms with Crippen LogP contribution in [-0.4, -0.2) is 11.8 Å².